The molecule has 0 radical (unpaired) electrons. The monoisotopic (exact) mass is 330 g/mol. The number of nitrogens with zero attached hydrogens (tertiary/aromatic N) is 2. The molecular weight excluding hydrogens is 316 g/mol. The number of aromatic nitrogens is 2. The molecule has 0 aliphatic carbocycles. The molecule has 0 spiro atoms. The fourth-order valence-electron chi connectivity index (χ4n) is 1.97. The Morgan fingerprint density at radius 1 is 1.00 bits per heavy atom. The van der Waals surface area contributed by atoms with Gasteiger partial charge in [0.1, 0.15) is 0 Å². The fraction of sp³-hybridized carbons (Fsp3) is 0.176. The lowest BCUT2D eigenvalue weighted by molar-refractivity contribution is 0.528. The smallest absolute Gasteiger partial charge is 0.247 e. The van der Waals surface area contributed by atoms with Gasteiger partial charge in [0.2, 0.25) is 11.8 Å². The topological polar surface area (TPSA) is 38.9 Å². The molecule has 3 aromatic rings. The molecule has 22 heavy (non-hydrogen) atoms. The Morgan fingerprint density at radius 3 is 2.50 bits per heavy atom. The van der Waals surface area contributed by atoms with Crippen LogP contribution in [0.1, 0.15) is 17.0 Å². The highest BCUT2D eigenvalue weighted by atomic mass is 35.5. The summed E-state index contributed by atoms with van der Waals surface area (Å²) in [7, 11) is 0. The van der Waals surface area contributed by atoms with Crippen molar-refractivity contribution < 1.29 is 4.42 Å². The Morgan fingerprint density at radius 2 is 1.77 bits per heavy atom. The second-order valence-corrected chi connectivity index (χ2v) is 6.53. The van der Waals surface area contributed by atoms with Gasteiger partial charge >= 0.3 is 0 Å². The summed E-state index contributed by atoms with van der Waals surface area (Å²) < 4.78 is 5.70. The van der Waals surface area contributed by atoms with E-state index in [-0.39, 0.29) is 0 Å². The first kappa shape index (κ1) is 15.1. The average molecular weight is 331 g/mol. The molecule has 0 N–H and O–H groups in total. The summed E-state index contributed by atoms with van der Waals surface area (Å²) in [4.78, 5) is 1.20. The van der Waals surface area contributed by atoms with Crippen LogP contribution in [-0.4, -0.2) is 10.2 Å². The Hall–Kier alpha value is -1.78. The minimum Gasteiger partial charge on any atom is -0.420 e. The predicted octanol–water partition coefficient (Wildman–Crippen LogP) is 5.30. The maximum Gasteiger partial charge on any atom is 0.247 e. The molecule has 0 aliphatic heterocycles. The Balaban J connectivity index is 1.69. The van der Waals surface area contributed by atoms with E-state index in [1.54, 1.807) is 11.8 Å². The minimum atomic E-state index is 0.521. The third-order valence-electron chi connectivity index (χ3n) is 3.40. The van der Waals surface area contributed by atoms with Crippen molar-refractivity contribution in [2.75, 3.05) is 0 Å². The van der Waals surface area contributed by atoms with Crippen LogP contribution in [0.25, 0.3) is 11.5 Å². The maximum absolute atomic E-state index is 5.88. The number of thioether (sulfide) groups is 1. The second-order valence-electron chi connectivity index (χ2n) is 5.04. The third-order valence-corrected chi connectivity index (χ3v) is 4.63. The van der Waals surface area contributed by atoms with E-state index in [1.807, 2.05) is 24.3 Å². The van der Waals surface area contributed by atoms with E-state index >= 15 is 0 Å². The van der Waals surface area contributed by atoms with Crippen LogP contribution in [0.15, 0.2) is 51.8 Å². The molecule has 3 rings (SSSR count). The van der Waals surface area contributed by atoms with E-state index in [2.05, 4.69) is 42.2 Å². The molecule has 0 bridgehead atoms. The minimum absolute atomic E-state index is 0.521. The fourth-order valence-corrected chi connectivity index (χ4v) is 2.93. The lowest BCUT2D eigenvalue weighted by atomic mass is 10.1. The zero-order valence-corrected chi connectivity index (χ0v) is 13.9. The highest BCUT2D eigenvalue weighted by molar-refractivity contribution is 7.98. The van der Waals surface area contributed by atoms with Crippen LogP contribution in [-0.2, 0) is 5.75 Å². The number of aryl methyl sites for hydroxylation is 2. The van der Waals surface area contributed by atoms with Crippen LogP contribution < -0.4 is 0 Å². The number of halogens is 1. The SMILES string of the molecule is Cc1ccc(SCc2nnc(-c3ccc(Cl)cc3)o2)cc1C. The molecule has 0 aliphatic rings. The van der Waals surface area contributed by atoms with Gasteiger partial charge in [-0.05, 0) is 61.4 Å². The third kappa shape index (κ3) is 3.51. The molecule has 0 atom stereocenters. The van der Waals surface area contributed by atoms with E-state index in [0.29, 0.717) is 22.6 Å². The van der Waals surface area contributed by atoms with Gasteiger partial charge in [0, 0.05) is 15.5 Å². The van der Waals surface area contributed by atoms with Gasteiger partial charge in [-0.15, -0.1) is 22.0 Å². The number of rotatable bonds is 4. The normalized spacial score (nSPS) is 10.9. The maximum atomic E-state index is 5.88. The van der Waals surface area contributed by atoms with Crippen molar-refractivity contribution in [1.29, 1.82) is 0 Å². The lowest BCUT2D eigenvalue weighted by Crippen LogP contribution is -1.83. The van der Waals surface area contributed by atoms with Gasteiger partial charge in [-0.3, -0.25) is 0 Å². The standard InChI is InChI=1S/C17H15ClN2OS/c1-11-3-8-15(9-12(11)2)22-10-16-19-20-17(21-16)13-4-6-14(18)7-5-13/h3-9H,10H2,1-2H3. The highest BCUT2D eigenvalue weighted by Crippen LogP contribution is 2.26. The lowest BCUT2D eigenvalue weighted by Gasteiger charge is -2.03. The summed E-state index contributed by atoms with van der Waals surface area (Å²) in [5.74, 6) is 1.80. The molecular formula is C17H15ClN2OS. The summed E-state index contributed by atoms with van der Waals surface area (Å²) in [6.45, 7) is 4.23. The number of hydrogen-bond acceptors (Lipinski definition) is 4. The molecule has 0 unspecified atom stereocenters. The van der Waals surface area contributed by atoms with Crippen molar-refractivity contribution in [2.45, 2.75) is 24.5 Å². The number of benzene rings is 2. The molecule has 2 aromatic carbocycles. The number of hydrogen-bond donors (Lipinski definition) is 0. The first-order valence-electron chi connectivity index (χ1n) is 6.90. The predicted molar refractivity (Wildman–Crippen MR) is 90.2 cm³/mol. The van der Waals surface area contributed by atoms with Crippen LogP contribution in [0.2, 0.25) is 5.02 Å². The van der Waals surface area contributed by atoms with Crippen molar-refractivity contribution >= 4 is 23.4 Å². The van der Waals surface area contributed by atoms with Gasteiger partial charge < -0.3 is 4.42 Å². The summed E-state index contributed by atoms with van der Waals surface area (Å²) >= 11 is 7.57. The van der Waals surface area contributed by atoms with Crippen molar-refractivity contribution in [1.82, 2.24) is 10.2 Å². The molecule has 112 valence electrons. The van der Waals surface area contributed by atoms with Gasteiger partial charge in [-0.1, -0.05) is 17.7 Å². The highest BCUT2D eigenvalue weighted by Gasteiger charge is 2.09. The van der Waals surface area contributed by atoms with E-state index < -0.39 is 0 Å². The molecule has 0 amide bonds. The summed E-state index contributed by atoms with van der Waals surface area (Å²) in [5.41, 5.74) is 3.46. The average Bonchev–Trinajstić information content (AvgIpc) is 2.98. The first-order chi connectivity index (χ1) is 10.6. The molecule has 1 heterocycles. The first-order valence-corrected chi connectivity index (χ1v) is 8.26. The molecule has 3 nitrogen and oxygen atoms in total. The van der Waals surface area contributed by atoms with E-state index in [0.717, 1.165) is 5.56 Å². The summed E-state index contributed by atoms with van der Waals surface area (Å²) in [5, 5.41) is 8.88. The molecule has 1 aromatic heterocycles. The quantitative estimate of drug-likeness (QED) is 0.608. The van der Waals surface area contributed by atoms with Gasteiger partial charge in [-0.25, -0.2) is 0 Å². The summed E-state index contributed by atoms with van der Waals surface area (Å²) in [6, 6.07) is 13.8. The van der Waals surface area contributed by atoms with Crippen molar-refractivity contribution in [2.24, 2.45) is 0 Å². The molecule has 0 saturated heterocycles. The van der Waals surface area contributed by atoms with Gasteiger partial charge in [-0.2, -0.15) is 0 Å². The zero-order valence-electron chi connectivity index (χ0n) is 12.3. The second kappa shape index (κ2) is 6.55. The van der Waals surface area contributed by atoms with Crippen LogP contribution in [0.3, 0.4) is 0 Å². The molecule has 5 heteroatoms. The van der Waals surface area contributed by atoms with Gasteiger partial charge in [0.15, 0.2) is 0 Å². The van der Waals surface area contributed by atoms with Crippen molar-refractivity contribution in [3.05, 3.63) is 64.5 Å². The van der Waals surface area contributed by atoms with E-state index in [1.165, 1.54) is 16.0 Å². The van der Waals surface area contributed by atoms with Gasteiger partial charge in [0.05, 0.1) is 5.75 Å². The molecule has 0 saturated carbocycles. The van der Waals surface area contributed by atoms with E-state index in [4.69, 9.17) is 16.0 Å². The van der Waals surface area contributed by atoms with Crippen LogP contribution in [0.4, 0.5) is 0 Å². The zero-order chi connectivity index (χ0) is 15.5. The molecule has 0 fully saturated rings. The van der Waals surface area contributed by atoms with Crippen LogP contribution >= 0.6 is 23.4 Å². The Labute approximate surface area is 138 Å². The van der Waals surface area contributed by atoms with Crippen LogP contribution in [0.5, 0.6) is 0 Å². The summed E-state index contributed by atoms with van der Waals surface area (Å²) in [6.07, 6.45) is 0. The van der Waals surface area contributed by atoms with Crippen molar-refractivity contribution in [3.63, 3.8) is 0 Å². The van der Waals surface area contributed by atoms with Crippen molar-refractivity contribution in [3.8, 4) is 11.5 Å². The van der Waals surface area contributed by atoms with E-state index in [9.17, 15) is 0 Å². The largest absolute Gasteiger partial charge is 0.420 e. The van der Waals surface area contributed by atoms with Gasteiger partial charge in [0.25, 0.3) is 0 Å². The Bertz CT molecular complexity index is 784. The van der Waals surface area contributed by atoms with Crippen LogP contribution in [0, 0.1) is 13.8 Å². The Kier molecular flexibility index (Phi) is 4.50.